The Morgan fingerprint density at radius 2 is 1.74 bits per heavy atom. The third-order valence-corrected chi connectivity index (χ3v) is 6.17. The van der Waals surface area contributed by atoms with E-state index >= 15 is 0 Å². The molecule has 0 bridgehead atoms. The fourth-order valence-corrected chi connectivity index (χ4v) is 4.56. The van der Waals surface area contributed by atoms with E-state index in [0.717, 1.165) is 38.9 Å². The van der Waals surface area contributed by atoms with Gasteiger partial charge in [0.15, 0.2) is 0 Å². The van der Waals surface area contributed by atoms with Gasteiger partial charge in [-0.25, -0.2) is 4.39 Å². The quantitative estimate of drug-likeness (QED) is 0.409. The zero-order valence-corrected chi connectivity index (χ0v) is 17.3. The van der Waals surface area contributed by atoms with Crippen molar-refractivity contribution in [1.82, 2.24) is 4.98 Å². The molecule has 4 heteroatoms. The lowest BCUT2D eigenvalue weighted by molar-refractivity contribution is 0.0949. The highest BCUT2D eigenvalue weighted by Gasteiger charge is 2.34. The molecule has 31 heavy (non-hydrogen) atoms. The number of aliphatic hydroxyl groups is 1. The average Bonchev–Trinajstić information content (AvgIpc) is 3.31. The van der Waals surface area contributed by atoms with E-state index in [9.17, 15) is 9.50 Å². The first-order chi connectivity index (χ1) is 15.1. The zero-order chi connectivity index (χ0) is 21.4. The first-order valence-electron chi connectivity index (χ1n) is 10.5. The maximum atomic E-state index is 13.9. The van der Waals surface area contributed by atoms with Crippen LogP contribution in [0.15, 0.2) is 90.2 Å². The Morgan fingerprint density at radius 1 is 1.03 bits per heavy atom. The molecule has 0 radical (unpaired) electrons. The van der Waals surface area contributed by atoms with Crippen LogP contribution in [-0.4, -0.2) is 22.8 Å². The van der Waals surface area contributed by atoms with Crippen LogP contribution in [0.5, 0.6) is 0 Å². The summed E-state index contributed by atoms with van der Waals surface area (Å²) in [5, 5.41) is 12.1. The first kappa shape index (κ1) is 19.6. The Morgan fingerprint density at radius 3 is 2.48 bits per heavy atom. The van der Waals surface area contributed by atoms with Gasteiger partial charge in [0.2, 0.25) is 0 Å². The largest absolute Gasteiger partial charge is 0.509 e. The van der Waals surface area contributed by atoms with Crippen molar-refractivity contribution in [2.45, 2.75) is 25.4 Å². The van der Waals surface area contributed by atoms with E-state index in [0.29, 0.717) is 18.8 Å². The van der Waals surface area contributed by atoms with Gasteiger partial charge in [0.05, 0.1) is 12.5 Å². The number of hydrogen-bond donors (Lipinski definition) is 2. The van der Waals surface area contributed by atoms with Crippen LogP contribution in [0.3, 0.4) is 0 Å². The molecular formula is C27H24FNO2. The van der Waals surface area contributed by atoms with Crippen LogP contribution in [0.2, 0.25) is 0 Å². The van der Waals surface area contributed by atoms with Gasteiger partial charge in [0, 0.05) is 28.6 Å². The lowest BCUT2D eigenvalue weighted by atomic mass is 9.85. The third kappa shape index (κ3) is 3.64. The van der Waals surface area contributed by atoms with Crippen molar-refractivity contribution in [3.63, 3.8) is 0 Å². The van der Waals surface area contributed by atoms with Crippen molar-refractivity contribution >= 4 is 10.9 Å². The number of aromatic amines is 1. The third-order valence-electron chi connectivity index (χ3n) is 6.17. The Labute approximate surface area is 180 Å². The molecule has 1 aliphatic heterocycles. The molecule has 0 saturated heterocycles. The smallest absolute Gasteiger partial charge is 0.124 e. The van der Waals surface area contributed by atoms with E-state index in [1.54, 1.807) is 12.1 Å². The summed E-state index contributed by atoms with van der Waals surface area (Å²) in [5.41, 5.74) is 5.85. The molecule has 1 aromatic heterocycles. The maximum Gasteiger partial charge on any atom is 0.124 e. The second-order valence-corrected chi connectivity index (χ2v) is 8.10. The summed E-state index contributed by atoms with van der Waals surface area (Å²) in [6.07, 6.45) is 0.250. The number of benzene rings is 3. The average molecular weight is 413 g/mol. The summed E-state index contributed by atoms with van der Waals surface area (Å²) < 4.78 is 19.9. The normalized spacial score (nSPS) is 17.4. The minimum atomic E-state index is -0.370. The number of ether oxygens (including phenoxy) is 1. The van der Waals surface area contributed by atoms with Crippen LogP contribution in [-0.2, 0) is 11.2 Å². The van der Waals surface area contributed by atoms with Crippen molar-refractivity contribution in [2.24, 2.45) is 0 Å². The van der Waals surface area contributed by atoms with Gasteiger partial charge in [-0.1, -0.05) is 60.7 Å². The number of aryl methyl sites for hydroxylation is 1. The zero-order valence-electron chi connectivity index (χ0n) is 17.3. The first-order valence-corrected chi connectivity index (χ1v) is 10.5. The fourth-order valence-electron chi connectivity index (χ4n) is 4.56. The van der Waals surface area contributed by atoms with Crippen LogP contribution < -0.4 is 0 Å². The summed E-state index contributed by atoms with van der Waals surface area (Å²) >= 11 is 0. The monoisotopic (exact) mass is 413 g/mol. The highest BCUT2D eigenvalue weighted by atomic mass is 19.1. The molecule has 2 heterocycles. The second kappa shape index (κ2) is 8.05. The van der Waals surface area contributed by atoms with Crippen LogP contribution in [0.1, 0.15) is 28.3 Å². The van der Waals surface area contributed by atoms with Crippen LogP contribution >= 0.6 is 0 Å². The minimum Gasteiger partial charge on any atom is -0.509 e. The molecule has 1 aliphatic rings. The molecule has 0 amide bonds. The summed E-state index contributed by atoms with van der Waals surface area (Å²) in [4.78, 5) is 3.48. The molecule has 0 saturated carbocycles. The van der Waals surface area contributed by atoms with Crippen molar-refractivity contribution < 1.29 is 14.2 Å². The molecule has 0 fully saturated rings. The van der Waals surface area contributed by atoms with E-state index in [2.05, 4.69) is 17.1 Å². The number of aliphatic hydroxyl groups excluding tert-OH is 1. The Bertz CT molecular complexity index is 1240. The molecule has 2 atom stereocenters. The van der Waals surface area contributed by atoms with Crippen LogP contribution in [0.25, 0.3) is 10.9 Å². The van der Waals surface area contributed by atoms with E-state index < -0.39 is 0 Å². The Kier molecular flexibility index (Phi) is 5.08. The minimum absolute atomic E-state index is 0.197. The van der Waals surface area contributed by atoms with Gasteiger partial charge in [0.1, 0.15) is 17.7 Å². The molecule has 5 rings (SSSR count). The Balaban J connectivity index is 1.60. The number of halogens is 1. The molecule has 0 aliphatic carbocycles. The van der Waals surface area contributed by atoms with Gasteiger partial charge >= 0.3 is 0 Å². The lowest BCUT2D eigenvalue weighted by Gasteiger charge is -2.19. The molecular weight excluding hydrogens is 389 g/mol. The molecule has 156 valence electrons. The molecule has 2 unspecified atom stereocenters. The Hall–Kier alpha value is -3.37. The van der Waals surface area contributed by atoms with Crippen molar-refractivity contribution in [2.75, 3.05) is 6.61 Å². The molecule has 2 N–H and O–H groups in total. The van der Waals surface area contributed by atoms with E-state index in [-0.39, 0.29) is 17.8 Å². The number of nitrogens with one attached hydrogen (secondary N) is 1. The standard InChI is InChI=1S/C27H24FNO2/c1-17-21-15-20(28)12-13-23(21)29-26(17)25(19-10-6-3-7-11-19)22-16-31-24(27(22)30)14-18-8-4-2-5-9-18/h2-13,15,24-25,29-30H,14,16H2,1H3. The van der Waals surface area contributed by atoms with E-state index in [4.69, 9.17) is 4.74 Å². The van der Waals surface area contributed by atoms with E-state index in [1.807, 2.05) is 55.5 Å². The van der Waals surface area contributed by atoms with Gasteiger partial charge in [0.25, 0.3) is 0 Å². The predicted molar refractivity (Wildman–Crippen MR) is 121 cm³/mol. The highest BCUT2D eigenvalue weighted by Crippen LogP contribution is 2.40. The maximum absolute atomic E-state index is 13.9. The molecule has 3 nitrogen and oxygen atoms in total. The van der Waals surface area contributed by atoms with Crippen LogP contribution in [0.4, 0.5) is 4.39 Å². The number of fused-ring (bicyclic) bond motifs is 1. The van der Waals surface area contributed by atoms with Crippen LogP contribution in [0, 0.1) is 12.7 Å². The summed E-state index contributed by atoms with van der Waals surface area (Å²) in [7, 11) is 0. The summed E-state index contributed by atoms with van der Waals surface area (Å²) in [5.74, 6) is -0.161. The van der Waals surface area contributed by atoms with Gasteiger partial charge in [-0.15, -0.1) is 0 Å². The molecule has 0 spiro atoms. The highest BCUT2D eigenvalue weighted by molar-refractivity contribution is 5.85. The van der Waals surface area contributed by atoms with Crippen molar-refractivity contribution in [1.29, 1.82) is 0 Å². The SMILES string of the molecule is Cc1c(C(C2=C(O)C(Cc3ccccc3)OC2)c2ccccc2)[nH]c2ccc(F)cc12. The number of rotatable bonds is 5. The number of H-pyrrole nitrogens is 1. The number of aromatic nitrogens is 1. The molecule has 4 aromatic rings. The summed E-state index contributed by atoms with van der Waals surface area (Å²) in [6, 6.07) is 24.9. The summed E-state index contributed by atoms with van der Waals surface area (Å²) in [6.45, 7) is 2.35. The lowest BCUT2D eigenvalue weighted by Crippen LogP contribution is -2.13. The topological polar surface area (TPSA) is 45.2 Å². The fraction of sp³-hybridized carbons (Fsp3) is 0.185. The van der Waals surface area contributed by atoms with Gasteiger partial charge in [-0.2, -0.15) is 0 Å². The molecule has 3 aromatic carbocycles. The van der Waals surface area contributed by atoms with Gasteiger partial charge < -0.3 is 14.8 Å². The second-order valence-electron chi connectivity index (χ2n) is 8.10. The van der Waals surface area contributed by atoms with Gasteiger partial charge in [-0.3, -0.25) is 0 Å². The van der Waals surface area contributed by atoms with Gasteiger partial charge in [-0.05, 0) is 41.8 Å². The predicted octanol–water partition coefficient (Wildman–Crippen LogP) is 6.20. The number of hydrogen-bond acceptors (Lipinski definition) is 2. The van der Waals surface area contributed by atoms with Crippen molar-refractivity contribution in [3.8, 4) is 0 Å². The van der Waals surface area contributed by atoms with E-state index in [1.165, 1.54) is 6.07 Å². The van der Waals surface area contributed by atoms with Crippen molar-refractivity contribution in [3.05, 3.63) is 118 Å².